The van der Waals surface area contributed by atoms with E-state index in [1.165, 1.54) is 23.5 Å². The normalized spacial score (nSPS) is 16.3. The Morgan fingerprint density at radius 3 is 2.56 bits per heavy atom. The van der Waals surface area contributed by atoms with Gasteiger partial charge in [-0.05, 0) is 42.6 Å². The molecule has 25 heavy (non-hydrogen) atoms. The Labute approximate surface area is 150 Å². The minimum atomic E-state index is -0.274. The second-order valence-electron chi connectivity index (χ2n) is 5.94. The molecule has 1 saturated heterocycles. The van der Waals surface area contributed by atoms with Gasteiger partial charge in [0, 0.05) is 31.9 Å². The van der Waals surface area contributed by atoms with E-state index in [9.17, 15) is 9.18 Å². The number of hydrogen-bond acceptors (Lipinski definition) is 5. The average Bonchev–Trinajstić information content (AvgIpc) is 3.09. The van der Waals surface area contributed by atoms with Crippen LogP contribution in [0.5, 0.6) is 0 Å². The van der Waals surface area contributed by atoms with Gasteiger partial charge in [-0.1, -0.05) is 0 Å². The van der Waals surface area contributed by atoms with Crippen LogP contribution in [0, 0.1) is 17.1 Å². The van der Waals surface area contributed by atoms with Gasteiger partial charge in [-0.3, -0.25) is 9.69 Å². The first kappa shape index (κ1) is 17.4. The molecular formula is C18H19FN4OS. The molecule has 1 aliphatic heterocycles. The molecule has 130 valence electrons. The molecule has 1 fully saturated rings. The molecule has 1 N–H and O–H groups in total. The molecule has 5 nitrogen and oxygen atoms in total. The summed E-state index contributed by atoms with van der Waals surface area (Å²) in [5, 5.41) is 14.3. The van der Waals surface area contributed by atoms with Crippen molar-refractivity contribution in [2.75, 3.05) is 36.4 Å². The highest BCUT2D eigenvalue weighted by Gasteiger charge is 2.26. The van der Waals surface area contributed by atoms with E-state index in [2.05, 4.69) is 21.2 Å². The number of thiophene rings is 1. The molecule has 0 spiro atoms. The summed E-state index contributed by atoms with van der Waals surface area (Å²) in [5.41, 5.74) is 1.49. The lowest BCUT2D eigenvalue weighted by atomic mass is 10.2. The molecule has 0 saturated carbocycles. The molecule has 1 aliphatic rings. The van der Waals surface area contributed by atoms with Gasteiger partial charge in [-0.25, -0.2) is 4.39 Å². The van der Waals surface area contributed by atoms with Crippen molar-refractivity contribution >= 4 is 27.9 Å². The molecule has 2 heterocycles. The second-order valence-corrected chi connectivity index (χ2v) is 6.86. The summed E-state index contributed by atoms with van der Waals surface area (Å²) in [7, 11) is 0. The van der Waals surface area contributed by atoms with Crippen LogP contribution in [-0.4, -0.2) is 43.0 Å². The zero-order valence-electron chi connectivity index (χ0n) is 13.9. The van der Waals surface area contributed by atoms with E-state index in [0.717, 1.165) is 31.9 Å². The standard InChI is InChI=1S/C18H19FN4OS/c1-13(17(24)21-18-14(12-20)6-11-25-18)22-7-9-23(10-8-22)16-4-2-15(19)3-5-16/h2-6,11,13H,7-10H2,1H3,(H,21,24)/t13-/m1/s1. The highest BCUT2D eigenvalue weighted by Crippen LogP contribution is 2.23. The minimum Gasteiger partial charge on any atom is -0.369 e. The Kier molecular flexibility index (Phi) is 5.31. The van der Waals surface area contributed by atoms with Crippen molar-refractivity contribution in [3.05, 3.63) is 47.1 Å². The zero-order chi connectivity index (χ0) is 17.8. The molecular weight excluding hydrogens is 339 g/mol. The summed E-state index contributed by atoms with van der Waals surface area (Å²) in [4.78, 5) is 16.8. The van der Waals surface area contributed by atoms with Gasteiger partial charge in [-0.2, -0.15) is 5.26 Å². The number of nitriles is 1. The van der Waals surface area contributed by atoms with Crippen LogP contribution in [0.3, 0.4) is 0 Å². The van der Waals surface area contributed by atoms with Crippen LogP contribution in [0.15, 0.2) is 35.7 Å². The number of nitrogens with one attached hydrogen (secondary N) is 1. The number of halogens is 1. The van der Waals surface area contributed by atoms with Crippen molar-refractivity contribution in [2.24, 2.45) is 0 Å². The number of carbonyl (C=O) groups is 1. The summed E-state index contributed by atoms with van der Waals surface area (Å²) in [6.45, 7) is 4.95. The van der Waals surface area contributed by atoms with Crippen molar-refractivity contribution < 1.29 is 9.18 Å². The fourth-order valence-corrected chi connectivity index (χ4v) is 3.64. The highest BCUT2D eigenvalue weighted by molar-refractivity contribution is 7.14. The molecule has 1 aromatic heterocycles. The monoisotopic (exact) mass is 358 g/mol. The lowest BCUT2D eigenvalue weighted by molar-refractivity contribution is -0.120. The maximum absolute atomic E-state index is 13.0. The summed E-state index contributed by atoms with van der Waals surface area (Å²) in [6.07, 6.45) is 0. The van der Waals surface area contributed by atoms with E-state index in [1.54, 1.807) is 23.6 Å². The van der Waals surface area contributed by atoms with Crippen molar-refractivity contribution in [3.63, 3.8) is 0 Å². The number of piperazine rings is 1. The maximum atomic E-state index is 13.0. The zero-order valence-corrected chi connectivity index (χ0v) is 14.7. The number of benzene rings is 1. The van der Waals surface area contributed by atoms with Gasteiger partial charge >= 0.3 is 0 Å². The predicted molar refractivity (Wildman–Crippen MR) is 97.3 cm³/mol. The minimum absolute atomic E-state index is 0.103. The second kappa shape index (κ2) is 7.64. The van der Waals surface area contributed by atoms with Gasteiger partial charge in [0.05, 0.1) is 11.6 Å². The third-order valence-corrected chi connectivity index (χ3v) is 5.29. The van der Waals surface area contributed by atoms with Gasteiger partial charge in [0.15, 0.2) is 0 Å². The molecule has 1 atom stereocenters. The molecule has 0 bridgehead atoms. The number of amides is 1. The Hall–Kier alpha value is -2.43. The third-order valence-electron chi connectivity index (χ3n) is 4.46. The van der Waals surface area contributed by atoms with Gasteiger partial charge < -0.3 is 10.2 Å². The van der Waals surface area contributed by atoms with Crippen LogP contribution in [0.2, 0.25) is 0 Å². The van der Waals surface area contributed by atoms with Crippen molar-refractivity contribution in [3.8, 4) is 6.07 Å². The first-order chi connectivity index (χ1) is 12.1. The van der Waals surface area contributed by atoms with E-state index < -0.39 is 0 Å². The van der Waals surface area contributed by atoms with Crippen LogP contribution in [0.4, 0.5) is 15.1 Å². The lowest BCUT2D eigenvalue weighted by Gasteiger charge is -2.38. The first-order valence-corrected chi connectivity index (χ1v) is 8.99. The van der Waals surface area contributed by atoms with Gasteiger partial charge in [0.25, 0.3) is 0 Å². The summed E-state index contributed by atoms with van der Waals surface area (Å²) < 4.78 is 13.0. The van der Waals surface area contributed by atoms with E-state index in [4.69, 9.17) is 5.26 Å². The number of anilines is 2. The lowest BCUT2D eigenvalue weighted by Crippen LogP contribution is -2.52. The van der Waals surface area contributed by atoms with E-state index in [1.807, 2.05) is 6.92 Å². The molecule has 1 aromatic carbocycles. The van der Waals surface area contributed by atoms with Crippen LogP contribution in [0.25, 0.3) is 0 Å². The molecule has 0 aliphatic carbocycles. The Bertz CT molecular complexity index is 775. The highest BCUT2D eigenvalue weighted by atomic mass is 32.1. The third kappa shape index (κ3) is 3.98. The molecule has 1 amide bonds. The van der Waals surface area contributed by atoms with Gasteiger partial charge in [0.1, 0.15) is 16.9 Å². The topological polar surface area (TPSA) is 59.4 Å². The average molecular weight is 358 g/mol. The Morgan fingerprint density at radius 2 is 1.92 bits per heavy atom. The molecule has 2 aromatic rings. The largest absolute Gasteiger partial charge is 0.369 e. The SMILES string of the molecule is C[C@H](C(=O)Nc1sccc1C#N)N1CCN(c2ccc(F)cc2)CC1. The fourth-order valence-electron chi connectivity index (χ4n) is 2.90. The fraction of sp³-hybridized carbons (Fsp3) is 0.333. The van der Waals surface area contributed by atoms with Crippen molar-refractivity contribution in [1.82, 2.24) is 4.90 Å². The van der Waals surface area contributed by atoms with Crippen LogP contribution >= 0.6 is 11.3 Å². The van der Waals surface area contributed by atoms with Crippen LogP contribution in [0.1, 0.15) is 12.5 Å². The maximum Gasteiger partial charge on any atom is 0.242 e. The predicted octanol–water partition coefficient (Wildman–Crippen LogP) is 2.91. The summed E-state index contributed by atoms with van der Waals surface area (Å²) in [6, 6.07) is 9.99. The van der Waals surface area contributed by atoms with Crippen molar-refractivity contribution in [1.29, 1.82) is 5.26 Å². The van der Waals surface area contributed by atoms with E-state index in [-0.39, 0.29) is 17.8 Å². The number of nitrogens with zero attached hydrogens (tertiary/aromatic N) is 3. The number of carbonyl (C=O) groups excluding carboxylic acids is 1. The van der Waals surface area contributed by atoms with E-state index in [0.29, 0.717) is 10.6 Å². The summed E-state index contributed by atoms with van der Waals surface area (Å²) >= 11 is 1.35. The van der Waals surface area contributed by atoms with E-state index >= 15 is 0 Å². The molecule has 0 radical (unpaired) electrons. The molecule has 7 heteroatoms. The number of hydrogen-bond donors (Lipinski definition) is 1. The van der Waals surface area contributed by atoms with Crippen LogP contribution in [-0.2, 0) is 4.79 Å². The van der Waals surface area contributed by atoms with Gasteiger partial charge in [-0.15, -0.1) is 11.3 Å². The quantitative estimate of drug-likeness (QED) is 0.913. The smallest absolute Gasteiger partial charge is 0.242 e. The molecule has 0 unspecified atom stereocenters. The van der Waals surface area contributed by atoms with Crippen molar-refractivity contribution in [2.45, 2.75) is 13.0 Å². The Morgan fingerprint density at radius 1 is 1.24 bits per heavy atom. The first-order valence-electron chi connectivity index (χ1n) is 8.11. The Balaban J connectivity index is 1.56. The van der Waals surface area contributed by atoms with Crippen LogP contribution < -0.4 is 10.2 Å². The van der Waals surface area contributed by atoms with Gasteiger partial charge in [0.2, 0.25) is 5.91 Å². The number of rotatable bonds is 4. The summed E-state index contributed by atoms with van der Waals surface area (Å²) in [5.74, 6) is -0.341. The molecule has 3 rings (SSSR count).